The summed E-state index contributed by atoms with van der Waals surface area (Å²) >= 11 is 0. The molecule has 9 heteroatoms. The van der Waals surface area contributed by atoms with Gasteiger partial charge in [-0.2, -0.15) is 0 Å². The molecule has 0 heterocycles. The molecule has 0 unspecified atom stereocenters. The lowest BCUT2D eigenvalue weighted by molar-refractivity contribution is 0.302. The minimum atomic E-state index is -9.56. The minimum absolute atomic E-state index is 0.138. The van der Waals surface area contributed by atoms with E-state index < -0.39 is 43.4 Å². The van der Waals surface area contributed by atoms with Crippen LogP contribution in [0.15, 0.2) is 35.2 Å². The van der Waals surface area contributed by atoms with Crippen LogP contribution < -0.4 is 0 Å². The molecule has 0 aliphatic heterocycles. The van der Waals surface area contributed by atoms with Crippen LogP contribution in [0.3, 0.4) is 0 Å². The van der Waals surface area contributed by atoms with E-state index in [4.69, 9.17) is 0 Å². The van der Waals surface area contributed by atoms with Crippen molar-refractivity contribution in [3.63, 3.8) is 0 Å². The van der Waals surface area contributed by atoms with Crippen LogP contribution in [0.25, 0.3) is 0 Å². The monoisotopic (exact) mass is 322 g/mol. The number of hydrogen-bond acceptors (Lipinski definition) is 2. The van der Waals surface area contributed by atoms with Crippen LogP contribution in [-0.4, -0.2) is 18.9 Å². The van der Waals surface area contributed by atoms with Gasteiger partial charge in [0.15, 0.2) is 9.84 Å². The van der Waals surface area contributed by atoms with Gasteiger partial charge in [-0.05, 0) is 25.0 Å². The van der Waals surface area contributed by atoms with Gasteiger partial charge in [-0.25, -0.2) is 8.42 Å². The van der Waals surface area contributed by atoms with Crippen molar-refractivity contribution in [2.45, 2.75) is 28.2 Å². The lowest BCUT2D eigenvalue weighted by Crippen LogP contribution is -2.45. The SMILES string of the molecule is O=S(=O)(c1ccccc1)C1CC(S(F)(F)(F)(F)F)C1. The van der Waals surface area contributed by atoms with E-state index in [0.717, 1.165) is 0 Å². The van der Waals surface area contributed by atoms with Gasteiger partial charge in [0.1, 0.15) is 5.25 Å². The van der Waals surface area contributed by atoms with Crippen molar-refractivity contribution in [2.24, 2.45) is 0 Å². The first-order valence-corrected chi connectivity index (χ1v) is 8.88. The van der Waals surface area contributed by atoms with Crippen LogP contribution in [0.4, 0.5) is 19.4 Å². The molecular formula is C10H11F5O2S2. The smallest absolute Gasteiger partial charge is 0.223 e. The van der Waals surface area contributed by atoms with Gasteiger partial charge in [0, 0.05) is 0 Å². The number of sulfone groups is 1. The molecule has 0 N–H and O–H groups in total. The van der Waals surface area contributed by atoms with E-state index in [1.165, 1.54) is 24.3 Å². The first-order valence-electron chi connectivity index (χ1n) is 5.32. The molecule has 0 radical (unpaired) electrons. The van der Waals surface area contributed by atoms with E-state index in [1.54, 1.807) is 6.07 Å². The molecule has 0 atom stereocenters. The van der Waals surface area contributed by atoms with Crippen molar-refractivity contribution in [1.82, 2.24) is 0 Å². The predicted octanol–water partition coefficient (Wildman–Crippen LogP) is 4.29. The first-order chi connectivity index (χ1) is 8.30. The Labute approximate surface area is 107 Å². The van der Waals surface area contributed by atoms with Crippen molar-refractivity contribution < 1.29 is 27.8 Å². The molecule has 0 spiro atoms. The maximum absolute atomic E-state index is 12.4. The predicted molar refractivity (Wildman–Crippen MR) is 63.6 cm³/mol. The van der Waals surface area contributed by atoms with Gasteiger partial charge in [-0.3, -0.25) is 0 Å². The van der Waals surface area contributed by atoms with Crippen LogP contribution in [-0.2, 0) is 9.84 Å². The molecule has 0 bridgehead atoms. The fourth-order valence-corrected chi connectivity index (χ4v) is 5.27. The molecule has 2 rings (SSSR count). The maximum Gasteiger partial charge on any atom is 0.288 e. The van der Waals surface area contributed by atoms with Crippen molar-refractivity contribution >= 4 is 20.1 Å². The average Bonchev–Trinajstić information content (AvgIpc) is 2.11. The molecule has 0 amide bonds. The van der Waals surface area contributed by atoms with Crippen LogP contribution in [0, 0.1) is 0 Å². The van der Waals surface area contributed by atoms with E-state index in [2.05, 4.69) is 0 Å². The van der Waals surface area contributed by atoms with Crippen LogP contribution >= 0.6 is 10.2 Å². The molecule has 1 aromatic rings. The molecular weight excluding hydrogens is 311 g/mol. The highest BCUT2D eigenvalue weighted by molar-refractivity contribution is 8.46. The van der Waals surface area contributed by atoms with Gasteiger partial charge in [-0.15, -0.1) is 0 Å². The molecule has 1 aliphatic carbocycles. The summed E-state index contributed by atoms with van der Waals surface area (Å²) in [6, 6.07) is 6.88. The summed E-state index contributed by atoms with van der Waals surface area (Å²) in [5.74, 6) is 0. The summed E-state index contributed by atoms with van der Waals surface area (Å²) in [6.07, 6.45) is -2.12. The fraction of sp³-hybridized carbons (Fsp3) is 0.400. The normalized spacial score (nSPS) is 28.1. The molecule has 1 aromatic carbocycles. The van der Waals surface area contributed by atoms with Gasteiger partial charge in [0.05, 0.1) is 10.1 Å². The fourth-order valence-electron chi connectivity index (χ4n) is 1.94. The first kappa shape index (κ1) is 14.6. The Balaban J connectivity index is 2.19. The number of benzene rings is 1. The van der Waals surface area contributed by atoms with Crippen molar-refractivity contribution in [3.8, 4) is 0 Å². The van der Waals surface area contributed by atoms with Crippen molar-refractivity contribution in [2.75, 3.05) is 0 Å². The van der Waals surface area contributed by atoms with Gasteiger partial charge in [0.25, 0.3) is 10.2 Å². The van der Waals surface area contributed by atoms with Crippen molar-refractivity contribution in [1.29, 1.82) is 0 Å². The zero-order valence-electron chi connectivity index (χ0n) is 9.48. The Bertz CT molecular complexity index is 588. The molecule has 19 heavy (non-hydrogen) atoms. The standard InChI is InChI=1S/C10H11F5O2S2/c11-19(12,13,14,15)10-6-9(7-10)18(16,17)8-4-2-1-3-5-8/h1-5,9-10H,6-7H2. The van der Waals surface area contributed by atoms with Gasteiger partial charge in [0.2, 0.25) is 0 Å². The molecule has 1 fully saturated rings. The lowest BCUT2D eigenvalue weighted by atomic mass is 9.99. The molecule has 110 valence electrons. The summed E-state index contributed by atoms with van der Waals surface area (Å²) in [5, 5.41) is -4.17. The van der Waals surface area contributed by atoms with Gasteiger partial charge in [-0.1, -0.05) is 37.6 Å². The van der Waals surface area contributed by atoms with E-state index in [-0.39, 0.29) is 4.90 Å². The zero-order valence-corrected chi connectivity index (χ0v) is 11.1. The third-order valence-electron chi connectivity index (χ3n) is 3.19. The Morgan fingerprint density at radius 3 is 1.84 bits per heavy atom. The highest BCUT2D eigenvalue weighted by atomic mass is 32.5. The molecule has 0 aromatic heterocycles. The molecule has 2 nitrogen and oxygen atoms in total. The minimum Gasteiger partial charge on any atom is -0.223 e. The molecule has 1 aliphatic rings. The summed E-state index contributed by atoms with van der Waals surface area (Å²) in [4.78, 5) is -0.138. The van der Waals surface area contributed by atoms with Crippen molar-refractivity contribution in [3.05, 3.63) is 30.3 Å². The third-order valence-corrected chi connectivity index (χ3v) is 7.03. The van der Waals surface area contributed by atoms with E-state index in [9.17, 15) is 27.8 Å². The molecule has 1 saturated carbocycles. The second-order valence-electron chi connectivity index (χ2n) is 4.60. The summed E-state index contributed by atoms with van der Waals surface area (Å²) in [7, 11) is -13.5. The van der Waals surface area contributed by atoms with Gasteiger partial charge >= 0.3 is 0 Å². The van der Waals surface area contributed by atoms with E-state index in [1.807, 2.05) is 0 Å². The topological polar surface area (TPSA) is 34.1 Å². The lowest BCUT2D eigenvalue weighted by Gasteiger charge is -2.53. The summed E-state index contributed by atoms with van der Waals surface area (Å²) in [5.41, 5.74) is 0. The summed E-state index contributed by atoms with van der Waals surface area (Å²) in [6.45, 7) is 0. The number of halogens is 5. The van der Waals surface area contributed by atoms with Crippen LogP contribution in [0.1, 0.15) is 12.8 Å². The zero-order chi connectivity index (χ0) is 14.6. The average molecular weight is 322 g/mol. The Morgan fingerprint density at radius 2 is 1.42 bits per heavy atom. The Hall–Kier alpha value is -0.830. The highest BCUT2D eigenvalue weighted by Gasteiger charge is 2.73. The van der Waals surface area contributed by atoms with Gasteiger partial charge < -0.3 is 0 Å². The van der Waals surface area contributed by atoms with Crippen LogP contribution in [0.5, 0.6) is 0 Å². The second kappa shape index (κ2) is 3.43. The second-order valence-corrected chi connectivity index (χ2v) is 9.55. The van der Waals surface area contributed by atoms with E-state index in [0.29, 0.717) is 0 Å². The number of rotatable bonds is 3. The molecule has 0 saturated heterocycles. The van der Waals surface area contributed by atoms with Crippen LogP contribution in [0.2, 0.25) is 0 Å². The number of hydrogen-bond donors (Lipinski definition) is 0. The maximum atomic E-state index is 12.4. The third kappa shape index (κ3) is 2.86. The Morgan fingerprint density at radius 1 is 0.947 bits per heavy atom. The van der Waals surface area contributed by atoms with E-state index >= 15 is 0 Å². The Kier molecular flexibility index (Phi) is 2.63. The quantitative estimate of drug-likeness (QED) is 0.778. The highest BCUT2D eigenvalue weighted by Crippen LogP contribution is 3.02. The summed E-state index contributed by atoms with van der Waals surface area (Å²) < 4.78 is 85.9. The largest absolute Gasteiger partial charge is 0.288 e.